The predicted octanol–water partition coefficient (Wildman–Crippen LogP) is 3.09. The molecule has 0 spiro atoms. The molecule has 0 unspecified atom stereocenters. The molecule has 0 radical (unpaired) electrons. The lowest BCUT2D eigenvalue weighted by molar-refractivity contribution is 0.403. The van der Waals surface area contributed by atoms with Gasteiger partial charge in [-0.2, -0.15) is 0 Å². The molecule has 4 N–H and O–H groups in total. The summed E-state index contributed by atoms with van der Waals surface area (Å²) in [6, 6.07) is 15.1. The van der Waals surface area contributed by atoms with Crippen molar-refractivity contribution in [2.45, 2.75) is 12.8 Å². The van der Waals surface area contributed by atoms with Crippen molar-refractivity contribution in [3.63, 3.8) is 0 Å². The van der Waals surface area contributed by atoms with E-state index in [-0.39, 0.29) is 23.0 Å². The molecule has 0 aliphatic heterocycles. The highest BCUT2D eigenvalue weighted by Gasteiger charge is 2.06. The Kier molecular flexibility index (Phi) is 4.24. The number of phenols is 4. The van der Waals surface area contributed by atoms with Crippen LogP contribution in [0.3, 0.4) is 0 Å². The zero-order valence-electron chi connectivity index (χ0n) is 12.8. The summed E-state index contributed by atoms with van der Waals surface area (Å²) >= 11 is 0. The van der Waals surface area contributed by atoms with Crippen molar-refractivity contribution < 1.29 is 20.4 Å². The fourth-order valence-electron chi connectivity index (χ4n) is 2.50. The summed E-state index contributed by atoms with van der Waals surface area (Å²) in [5, 5.41) is 37.8. The van der Waals surface area contributed by atoms with Gasteiger partial charge in [0.2, 0.25) is 0 Å². The molecular formula is C19H17NO4. The number of phenolic OH excluding ortho intramolecular Hbond substituents is 4. The topological polar surface area (TPSA) is 93.8 Å². The van der Waals surface area contributed by atoms with Crippen LogP contribution >= 0.6 is 0 Å². The molecule has 1 heterocycles. The van der Waals surface area contributed by atoms with E-state index >= 15 is 0 Å². The molecule has 24 heavy (non-hydrogen) atoms. The number of aromatic nitrogens is 1. The highest BCUT2D eigenvalue weighted by atomic mass is 16.3. The van der Waals surface area contributed by atoms with Crippen LogP contribution < -0.4 is 0 Å². The Balaban J connectivity index is 1.78. The molecule has 3 aromatic rings. The average Bonchev–Trinajstić information content (AvgIpc) is 2.55. The molecule has 5 heteroatoms. The van der Waals surface area contributed by atoms with E-state index in [1.807, 2.05) is 18.2 Å². The lowest BCUT2D eigenvalue weighted by Gasteiger charge is -2.07. The fourth-order valence-corrected chi connectivity index (χ4v) is 2.50. The van der Waals surface area contributed by atoms with Crippen LogP contribution in [-0.4, -0.2) is 25.4 Å². The largest absolute Gasteiger partial charge is 0.504 e. The van der Waals surface area contributed by atoms with Gasteiger partial charge >= 0.3 is 0 Å². The van der Waals surface area contributed by atoms with E-state index in [1.165, 1.54) is 24.3 Å². The van der Waals surface area contributed by atoms with Crippen LogP contribution in [-0.2, 0) is 12.8 Å². The van der Waals surface area contributed by atoms with Crippen molar-refractivity contribution in [1.29, 1.82) is 0 Å². The van der Waals surface area contributed by atoms with Gasteiger partial charge in [-0.3, -0.25) is 4.98 Å². The number of benzene rings is 2. The maximum Gasteiger partial charge on any atom is 0.157 e. The summed E-state index contributed by atoms with van der Waals surface area (Å²) in [7, 11) is 0. The molecular weight excluding hydrogens is 306 g/mol. The second-order valence-electron chi connectivity index (χ2n) is 5.62. The van der Waals surface area contributed by atoms with E-state index in [1.54, 1.807) is 12.1 Å². The first kappa shape index (κ1) is 15.7. The summed E-state index contributed by atoms with van der Waals surface area (Å²) in [5.74, 6) is -0.591. The van der Waals surface area contributed by atoms with Gasteiger partial charge in [0.05, 0.1) is 0 Å². The molecule has 1 aromatic heterocycles. The number of hydrogen-bond donors (Lipinski definition) is 4. The summed E-state index contributed by atoms with van der Waals surface area (Å²) < 4.78 is 0. The van der Waals surface area contributed by atoms with E-state index in [9.17, 15) is 20.4 Å². The van der Waals surface area contributed by atoms with Crippen molar-refractivity contribution in [1.82, 2.24) is 4.98 Å². The van der Waals surface area contributed by atoms with Crippen LogP contribution in [0.15, 0.2) is 54.6 Å². The molecule has 0 bridgehead atoms. The molecule has 0 aliphatic rings. The van der Waals surface area contributed by atoms with Gasteiger partial charge in [0.25, 0.3) is 0 Å². The number of hydrogen-bond acceptors (Lipinski definition) is 5. The molecule has 0 amide bonds. The molecule has 0 atom stereocenters. The van der Waals surface area contributed by atoms with Crippen LogP contribution in [0.25, 0.3) is 0 Å². The van der Waals surface area contributed by atoms with E-state index in [4.69, 9.17) is 0 Å². The minimum Gasteiger partial charge on any atom is -0.504 e. The average molecular weight is 323 g/mol. The second-order valence-corrected chi connectivity index (χ2v) is 5.62. The van der Waals surface area contributed by atoms with Gasteiger partial charge in [0, 0.05) is 24.2 Å². The normalized spacial score (nSPS) is 10.7. The van der Waals surface area contributed by atoms with Crippen molar-refractivity contribution in [3.8, 4) is 23.0 Å². The summed E-state index contributed by atoms with van der Waals surface area (Å²) in [5.41, 5.74) is 3.36. The molecule has 122 valence electrons. The number of rotatable bonds is 4. The Morgan fingerprint density at radius 3 is 1.46 bits per heavy atom. The van der Waals surface area contributed by atoms with E-state index < -0.39 is 0 Å². The molecule has 2 aromatic carbocycles. The zero-order valence-corrected chi connectivity index (χ0v) is 12.8. The predicted molar refractivity (Wildman–Crippen MR) is 89.4 cm³/mol. The third kappa shape index (κ3) is 3.57. The van der Waals surface area contributed by atoms with Crippen molar-refractivity contribution in [2.24, 2.45) is 0 Å². The van der Waals surface area contributed by atoms with E-state index in [0.29, 0.717) is 12.8 Å². The van der Waals surface area contributed by atoms with Gasteiger partial charge in [-0.15, -0.1) is 0 Å². The lowest BCUT2D eigenvalue weighted by Crippen LogP contribution is -1.98. The van der Waals surface area contributed by atoms with Gasteiger partial charge in [-0.05, 0) is 47.5 Å². The Hall–Kier alpha value is -3.21. The Labute approximate surface area is 139 Å². The number of pyridine rings is 1. The maximum absolute atomic E-state index is 9.56. The molecule has 0 aliphatic carbocycles. The highest BCUT2D eigenvalue weighted by Crippen LogP contribution is 2.27. The number of nitrogens with zero attached hydrogens (tertiary/aromatic N) is 1. The first-order valence-electron chi connectivity index (χ1n) is 7.48. The maximum atomic E-state index is 9.56. The van der Waals surface area contributed by atoms with Crippen LogP contribution in [0.5, 0.6) is 23.0 Å². The van der Waals surface area contributed by atoms with E-state index in [2.05, 4.69) is 4.98 Å². The molecule has 0 saturated carbocycles. The van der Waals surface area contributed by atoms with Crippen LogP contribution in [0.2, 0.25) is 0 Å². The molecule has 0 saturated heterocycles. The van der Waals surface area contributed by atoms with Crippen molar-refractivity contribution in [3.05, 3.63) is 77.1 Å². The Morgan fingerprint density at radius 2 is 1.04 bits per heavy atom. The fraction of sp³-hybridized carbons (Fsp3) is 0.105. The number of aromatic hydroxyl groups is 4. The Bertz CT molecular complexity index is 808. The SMILES string of the molecule is Oc1ccc(Cc2cccc(Cc3ccc(O)c(O)c3)n2)cc1O. The zero-order chi connectivity index (χ0) is 17.1. The third-order valence-electron chi connectivity index (χ3n) is 3.71. The quantitative estimate of drug-likeness (QED) is 0.554. The van der Waals surface area contributed by atoms with Crippen LogP contribution in [0.4, 0.5) is 0 Å². The minimum atomic E-state index is -0.150. The third-order valence-corrected chi connectivity index (χ3v) is 3.71. The summed E-state index contributed by atoms with van der Waals surface area (Å²) in [6.07, 6.45) is 1.06. The second kappa shape index (κ2) is 6.50. The Morgan fingerprint density at radius 1 is 0.583 bits per heavy atom. The van der Waals surface area contributed by atoms with E-state index in [0.717, 1.165) is 22.5 Å². The van der Waals surface area contributed by atoms with Crippen LogP contribution in [0.1, 0.15) is 22.5 Å². The van der Waals surface area contributed by atoms with Crippen molar-refractivity contribution in [2.75, 3.05) is 0 Å². The van der Waals surface area contributed by atoms with Gasteiger partial charge < -0.3 is 20.4 Å². The molecule has 3 rings (SSSR count). The lowest BCUT2D eigenvalue weighted by atomic mass is 10.1. The first-order valence-corrected chi connectivity index (χ1v) is 7.48. The molecule has 0 fully saturated rings. The smallest absolute Gasteiger partial charge is 0.157 e. The monoisotopic (exact) mass is 323 g/mol. The van der Waals surface area contributed by atoms with Gasteiger partial charge in [0.1, 0.15) is 0 Å². The minimum absolute atomic E-state index is 0.146. The van der Waals surface area contributed by atoms with Crippen molar-refractivity contribution >= 4 is 0 Å². The first-order chi connectivity index (χ1) is 11.5. The summed E-state index contributed by atoms with van der Waals surface area (Å²) in [4.78, 5) is 4.58. The molecule has 5 nitrogen and oxygen atoms in total. The van der Waals surface area contributed by atoms with Crippen LogP contribution in [0, 0.1) is 0 Å². The standard InChI is InChI=1S/C19H17NO4/c21-16-6-4-12(10-18(16)23)8-14-2-1-3-15(20-14)9-13-5-7-17(22)19(24)11-13/h1-7,10-11,21-24H,8-9H2. The van der Waals surface area contributed by atoms with Gasteiger partial charge in [0.15, 0.2) is 23.0 Å². The summed E-state index contributed by atoms with van der Waals surface area (Å²) in [6.45, 7) is 0. The van der Waals surface area contributed by atoms with Gasteiger partial charge in [-0.1, -0.05) is 18.2 Å². The highest BCUT2D eigenvalue weighted by molar-refractivity contribution is 5.42. The van der Waals surface area contributed by atoms with Gasteiger partial charge in [-0.25, -0.2) is 0 Å².